The summed E-state index contributed by atoms with van der Waals surface area (Å²) in [7, 11) is 0. The number of aromatic nitrogens is 1. The van der Waals surface area contributed by atoms with E-state index in [0.717, 1.165) is 51.6 Å². The summed E-state index contributed by atoms with van der Waals surface area (Å²) in [4.78, 5) is 21.0. The number of morpholine rings is 1. The average Bonchev–Trinajstić information content (AvgIpc) is 2.57. The van der Waals surface area contributed by atoms with E-state index >= 15 is 0 Å². The summed E-state index contributed by atoms with van der Waals surface area (Å²) in [6.07, 6.45) is 2.37. The van der Waals surface area contributed by atoms with Crippen molar-refractivity contribution in [1.29, 1.82) is 0 Å². The van der Waals surface area contributed by atoms with Gasteiger partial charge in [0.1, 0.15) is 0 Å². The topological polar surface area (TPSA) is 57.7 Å². The van der Waals surface area contributed by atoms with Crippen LogP contribution in [0.4, 0.5) is 0 Å². The first-order valence-electron chi connectivity index (χ1n) is 8.02. The van der Waals surface area contributed by atoms with Crippen molar-refractivity contribution in [3.05, 3.63) is 30.1 Å². The summed E-state index contributed by atoms with van der Waals surface area (Å²) >= 11 is 0. The lowest BCUT2D eigenvalue weighted by Gasteiger charge is -2.35. The summed E-state index contributed by atoms with van der Waals surface area (Å²) < 4.78 is 5.41. The number of hydrogen-bond donors (Lipinski definition) is 1. The summed E-state index contributed by atoms with van der Waals surface area (Å²) in [5.74, 6) is 0.237. The van der Waals surface area contributed by atoms with E-state index in [4.69, 9.17) is 4.74 Å². The van der Waals surface area contributed by atoms with Gasteiger partial charge in [-0.15, -0.1) is 0 Å². The lowest BCUT2D eigenvalue weighted by atomic mass is 10.1. The van der Waals surface area contributed by atoms with Gasteiger partial charge in [0.05, 0.1) is 18.9 Å². The molecule has 1 N–H and O–H groups in total. The molecule has 0 bridgehead atoms. The number of hydrogen-bond acceptors (Lipinski definition) is 5. The number of rotatable bonds is 4. The molecule has 0 spiro atoms. The molecule has 0 radical (unpaired) electrons. The predicted molar refractivity (Wildman–Crippen MR) is 83.3 cm³/mol. The van der Waals surface area contributed by atoms with Crippen molar-refractivity contribution < 1.29 is 9.53 Å². The second-order valence-corrected chi connectivity index (χ2v) is 5.91. The lowest BCUT2D eigenvalue weighted by Crippen LogP contribution is -2.51. The highest BCUT2D eigenvalue weighted by Gasteiger charge is 2.24. The van der Waals surface area contributed by atoms with E-state index in [9.17, 15) is 4.79 Å². The second-order valence-electron chi connectivity index (χ2n) is 5.91. The number of nitrogens with zero attached hydrogens (tertiary/aromatic N) is 3. The minimum Gasteiger partial charge on any atom is -0.378 e. The van der Waals surface area contributed by atoms with Crippen molar-refractivity contribution in [2.75, 3.05) is 45.9 Å². The Morgan fingerprint density at radius 1 is 1.32 bits per heavy atom. The van der Waals surface area contributed by atoms with Gasteiger partial charge in [0.25, 0.3) is 0 Å². The van der Waals surface area contributed by atoms with E-state index in [0.29, 0.717) is 13.0 Å². The van der Waals surface area contributed by atoms with E-state index < -0.39 is 0 Å². The Kier molecular flexibility index (Phi) is 5.37. The zero-order valence-electron chi connectivity index (χ0n) is 12.9. The zero-order chi connectivity index (χ0) is 15.2. The van der Waals surface area contributed by atoms with Gasteiger partial charge in [-0.05, 0) is 12.1 Å². The molecule has 1 aromatic rings. The molecule has 0 aromatic carbocycles. The maximum atomic E-state index is 12.3. The first-order chi connectivity index (χ1) is 10.8. The van der Waals surface area contributed by atoms with Crippen LogP contribution in [-0.2, 0) is 16.1 Å². The van der Waals surface area contributed by atoms with Crippen LogP contribution in [0.3, 0.4) is 0 Å². The Morgan fingerprint density at radius 3 is 2.86 bits per heavy atom. The van der Waals surface area contributed by atoms with Gasteiger partial charge in [-0.2, -0.15) is 0 Å². The maximum Gasteiger partial charge on any atom is 0.224 e. The van der Waals surface area contributed by atoms with Gasteiger partial charge in [-0.25, -0.2) is 0 Å². The molecule has 2 fully saturated rings. The molecule has 0 aliphatic carbocycles. The van der Waals surface area contributed by atoms with Crippen LogP contribution in [0.25, 0.3) is 0 Å². The van der Waals surface area contributed by atoms with Crippen LogP contribution in [0.15, 0.2) is 24.4 Å². The van der Waals surface area contributed by atoms with Crippen molar-refractivity contribution in [3.8, 4) is 0 Å². The van der Waals surface area contributed by atoms with Crippen LogP contribution in [0.2, 0.25) is 0 Å². The van der Waals surface area contributed by atoms with Gasteiger partial charge in [0.2, 0.25) is 5.91 Å². The van der Waals surface area contributed by atoms with Crippen molar-refractivity contribution in [3.63, 3.8) is 0 Å². The first kappa shape index (κ1) is 15.4. The van der Waals surface area contributed by atoms with Crippen molar-refractivity contribution in [2.24, 2.45) is 0 Å². The number of piperazine rings is 1. The number of amides is 1. The minimum absolute atomic E-state index is 0.174. The van der Waals surface area contributed by atoms with Gasteiger partial charge in [-0.1, -0.05) is 6.07 Å². The lowest BCUT2D eigenvalue weighted by molar-refractivity contribution is -0.134. The highest BCUT2D eigenvalue weighted by Crippen LogP contribution is 2.09. The molecule has 2 saturated heterocycles. The summed E-state index contributed by atoms with van der Waals surface area (Å²) in [6, 6.07) is 6.17. The van der Waals surface area contributed by atoms with E-state index in [1.165, 1.54) is 0 Å². The highest BCUT2D eigenvalue weighted by molar-refractivity contribution is 5.77. The molecule has 3 rings (SSSR count). The summed E-state index contributed by atoms with van der Waals surface area (Å²) in [6.45, 7) is 6.53. The fraction of sp³-hybridized carbons (Fsp3) is 0.625. The van der Waals surface area contributed by atoms with Crippen LogP contribution in [0, 0.1) is 0 Å². The highest BCUT2D eigenvalue weighted by atomic mass is 16.5. The number of carbonyl (C=O) groups excluding carboxylic acids is 1. The molecule has 22 heavy (non-hydrogen) atoms. The third kappa shape index (κ3) is 4.25. The molecule has 120 valence electrons. The summed E-state index contributed by atoms with van der Waals surface area (Å²) in [5.41, 5.74) is 1.09. The minimum atomic E-state index is 0.174. The first-order valence-corrected chi connectivity index (χ1v) is 8.02. The van der Waals surface area contributed by atoms with Gasteiger partial charge in [0, 0.05) is 57.9 Å². The molecule has 2 aliphatic rings. The Morgan fingerprint density at radius 2 is 2.18 bits per heavy atom. The number of nitrogens with one attached hydrogen (secondary N) is 1. The van der Waals surface area contributed by atoms with Crippen LogP contribution in [-0.4, -0.2) is 72.7 Å². The molecule has 1 unspecified atom stereocenters. The fourth-order valence-corrected chi connectivity index (χ4v) is 2.97. The second kappa shape index (κ2) is 7.67. The van der Waals surface area contributed by atoms with E-state index in [1.54, 1.807) is 0 Å². The molecular weight excluding hydrogens is 280 g/mol. The normalized spacial score (nSPS) is 23.5. The Bertz CT molecular complexity index is 468. The average molecular weight is 304 g/mol. The van der Waals surface area contributed by atoms with E-state index in [1.807, 2.05) is 29.3 Å². The van der Waals surface area contributed by atoms with Gasteiger partial charge in [0.15, 0.2) is 0 Å². The third-order valence-corrected chi connectivity index (χ3v) is 4.26. The van der Waals surface area contributed by atoms with Crippen molar-refractivity contribution >= 4 is 5.91 Å². The zero-order valence-corrected chi connectivity index (χ0v) is 12.9. The molecule has 0 saturated carbocycles. The summed E-state index contributed by atoms with van der Waals surface area (Å²) in [5, 5.41) is 3.34. The third-order valence-electron chi connectivity index (χ3n) is 4.26. The quantitative estimate of drug-likeness (QED) is 0.855. The van der Waals surface area contributed by atoms with E-state index in [2.05, 4.69) is 15.2 Å². The van der Waals surface area contributed by atoms with Crippen LogP contribution in [0.1, 0.15) is 12.1 Å². The number of carbonyl (C=O) groups is 1. The largest absolute Gasteiger partial charge is 0.378 e. The molecule has 6 heteroatoms. The molecule has 2 aliphatic heterocycles. The monoisotopic (exact) mass is 304 g/mol. The number of ether oxygens (including phenoxy) is 1. The van der Waals surface area contributed by atoms with Crippen LogP contribution < -0.4 is 5.32 Å². The van der Waals surface area contributed by atoms with Gasteiger partial charge < -0.3 is 15.0 Å². The maximum absolute atomic E-state index is 12.3. The molecule has 1 aromatic heterocycles. The molecule has 6 nitrogen and oxygen atoms in total. The molecule has 1 atom stereocenters. The van der Waals surface area contributed by atoms with E-state index in [-0.39, 0.29) is 11.9 Å². The Labute approximate surface area is 131 Å². The Balaban J connectivity index is 1.42. The van der Waals surface area contributed by atoms with Crippen LogP contribution >= 0.6 is 0 Å². The van der Waals surface area contributed by atoms with Crippen molar-refractivity contribution in [2.45, 2.75) is 19.0 Å². The molecule has 1 amide bonds. The van der Waals surface area contributed by atoms with Crippen molar-refractivity contribution in [1.82, 2.24) is 20.1 Å². The van der Waals surface area contributed by atoms with Gasteiger partial charge >= 0.3 is 0 Å². The molecule has 3 heterocycles. The predicted octanol–water partition coefficient (Wildman–Crippen LogP) is 0.104. The van der Waals surface area contributed by atoms with Crippen LogP contribution in [0.5, 0.6) is 0 Å². The Hall–Kier alpha value is -1.50. The molecular formula is C16H24N4O2. The SMILES string of the molecule is O=C(CC1COCCN1)N1CCN(Cc2ccccn2)CC1. The fourth-order valence-electron chi connectivity index (χ4n) is 2.97. The smallest absolute Gasteiger partial charge is 0.224 e. The van der Waals surface area contributed by atoms with Gasteiger partial charge in [-0.3, -0.25) is 14.7 Å². The standard InChI is InChI=1S/C16H24N4O2/c21-16(11-15-13-22-10-5-18-15)20-8-6-19(7-9-20)12-14-3-1-2-4-17-14/h1-4,15,18H,5-13H2. The number of pyridine rings is 1.